The average Bonchev–Trinajstić information content (AvgIpc) is 2.30. The van der Waals surface area contributed by atoms with Crippen molar-refractivity contribution in [3.05, 3.63) is 33.6 Å². The average molecular weight is 271 g/mol. The van der Waals surface area contributed by atoms with Crippen molar-refractivity contribution >= 4 is 17.3 Å². The zero-order valence-electron chi connectivity index (χ0n) is 10.2. The molecule has 0 aliphatic rings. The van der Waals surface area contributed by atoms with Gasteiger partial charge in [0.05, 0.1) is 22.7 Å². The number of nitro groups is 1. The monoisotopic (exact) mass is 271 g/mol. The number of hydrogen-bond acceptors (Lipinski definition) is 5. The van der Waals surface area contributed by atoms with Crippen LogP contribution in [0.25, 0.3) is 0 Å². The summed E-state index contributed by atoms with van der Waals surface area (Å²) >= 11 is 0. The summed E-state index contributed by atoms with van der Waals surface area (Å²) in [5, 5.41) is 22.1. The molecule has 1 aromatic rings. The van der Waals surface area contributed by atoms with Crippen LogP contribution in [0, 0.1) is 15.9 Å². The van der Waals surface area contributed by atoms with E-state index >= 15 is 0 Å². The molecule has 8 heteroatoms. The molecule has 7 nitrogen and oxygen atoms in total. The maximum Gasteiger partial charge on any atom is 0.295 e. The minimum absolute atomic E-state index is 0.153. The molecule has 0 bridgehead atoms. The number of nitrogen functional groups attached to an aromatic ring is 1. The molecule has 104 valence electrons. The van der Waals surface area contributed by atoms with Crippen LogP contribution < -0.4 is 11.1 Å². The number of hydrogen-bond donors (Lipinski definition) is 3. The molecule has 1 rings (SSSR count). The zero-order chi connectivity index (χ0) is 14.6. The van der Waals surface area contributed by atoms with Crippen LogP contribution >= 0.6 is 0 Å². The van der Waals surface area contributed by atoms with Crippen LogP contribution in [0.5, 0.6) is 0 Å². The van der Waals surface area contributed by atoms with Crippen LogP contribution in [0.15, 0.2) is 12.1 Å². The lowest BCUT2D eigenvalue weighted by molar-refractivity contribution is -0.384. The van der Waals surface area contributed by atoms with Crippen molar-refractivity contribution in [3.8, 4) is 0 Å². The fraction of sp³-hybridized carbons (Fsp3) is 0.364. The van der Waals surface area contributed by atoms with Gasteiger partial charge in [-0.2, -0.15) is 0 Å². The van der Waals surface area contributed by atoms with E-state index in [1.807, 2.05) is 0 Å². The minimum Gasteiger partial charge on any atom is -0.393 e. The van der Waals surface area contributed by atoms with Crippen molar-refractivity contribution in [3.63, 3.8) is 0 Å². The summed E-state index contributed by atoms with van der Waals surface area (Å²) in [4.78, 5) is 21.5. The van der Waals surface area contributed by atoms with Crippen LogP contribution in [0.3, 0.4) is 0 Å². The second kappa shape index (κ2) is 6.10. The van der Waals surface area contributed by atoms with E-state index in [9.17, 15) is 19.3 Å². The lowest BCUT2D eigenvalue weighted by Gasteiger charge is -2.09. The number of anilines is 1. The predicted molar refractivity (Wildman–Crippen MR) is 66.1 cm³/mol. The summed E-state index contributed by atoms with van der Waals surface area (Å²) in [5.74, 6) is -1.64. The fourth-order valence-corrected chi connectivity index (χ4v) is 1.43. The van der Waals surface area contributed by atoms with E-state index in [0.717, 1.165) is 6.07 Å². The molecular formula is C11H14FN3O4. The molecule has 19 heavy (non-hydrogen) atoms. The first-order valence-corrected chi connectivity index (χ1v) is 5.52. The van der Waals surface area contributed by atoms with Crippen LogP contribution in [-0.2, 0) is 0 Å². The third-order valence-electron chi connectivity index (χ3n) is 2.41. The van der Waals surface area contributed by atoms with Crippen molar-refractivity contribution in [2.75, 3.05) is 12.3 Å². The molecule has 0 aromatic heterocycles. The topological polar surface area (TPSA) is 118 Å². The molecule has 1 amide bonds. The standard InChI is InChI=1S/C11H14FN3O4/c1-6(16)2-3-14-11(17)8-4-7(12)5-9(10(8)13)15(18)19/h4-6,16H,2-3,13H2,1H3,(H,14,17). The van der Waals surface area contributed by atoms with Gasteiger partial charge in [0.15, 0.2) is 0 Å². The molecule has 0 saturated heterocycles. The lowest BCUT2D eigenvalue weighted by atomic mass is 10.1. The van der Waals surface area contributed by atoms with E-state index in [2.05, 4.69) is 5.32 Å². The Kier molecular flexibility index (Phi) is 4.76. The molecule has 0 aliphatic carbocycles. The van der Waals surface area contributed by atoms with E-state index in [0.29, 0.717) is 12.5 Å². The van der Waals surface area contributed by atoms with E-state index in [1.165, 1.54) is 0 Å². The van der Waals surface area contributed by atoms with Gasteiger partial charge in [-0.3, -0.25) is 14.9 Å². The lowest BCUT2D eigenvalue weighted by Crippen LogP contribution is -2.27. The van der Waals surface area contributed by atoms with Crippen molar-refractivity contribution in [1.29, 1.82) is 0 Å². The summed E-state index contributed by atoms with van der Waals surface area (Å²) in [6.45, 7) is 1.70. The van der Waals surface area contributed by atoms with Gasteiger partial charge >= 0.3 is 0 Å². The summed E-state index contributed by atoms with van der Waals surface area (Å²) < 4.78 is 13.2. The highest BCUT2D eigenvalue weighted by atomic mass is 19.1. The first-order valence-electron chi connectivity index (χ1n) is 5.52. The Morgan fingerprint density at radius 1 is 1.63 bits per heavy atom. The zero-order valence-corrected chi connectivity index (χ0v) is 10.2. The molecular weight excluding hydrogens is 257 g/mol. The van der Waals surface area contributed by atoms with Crippen LogP contribution in [0.4, 0.5) is 15.8 Å². The Morgan fingerprint density at radius 3 is 2.79 bits per heavy atom. The molecule has 0 saturated carbocycles. The Labute approximate surface area is 108 Å². The quantitative estimate of drug-likeness (QED) is 0.416. The van der Waals surface area contributed by atoms with Gasteiger partial charge in [0.25, 0.3) is 11.6 Å². The number of nitrogens with zero attached hydrogens (tertiary/aromatic N) is 1. The van der Waals surface area contributed by atoms with Gasteiger partial charge in [-0.25, -0.2) is 4.39 Å². The number of rotatable bonds is 5. The predicted octanol–water partition coefficient (Wildman–Crippen LogP) is 0.817. The molecule has 1 atom stereocenters. The summed E-state index contributed by atoms with van der Waals surface area (Å²) in [7, 11) is 0. The Balaban J connectivity index is 2.94. The highest BCUT2D eigenvalue weighted by Gasteiger charge is 2.21. The first kappa shape index (κ1) is 14.8. The molecule has 1 unspecified atom stereocenters. The molecule has 0 fully saturated rings. The third kappa shape index (κ3) is 3.88. The number of carbonyl (C=O) groups is 1. The van der Waals surface area contributed by atoms with Gasteiger partial charge in [-0.1, -0.05) is 0 Å². The number of aliphatic hydroxyl groups excluding tert-OH is 1. The van der Waals surface area contributed by atoms with Crippen molar-refractivity contribution in [2.45, 2.75) is 19.4 Å². The number of benzene rings is 1. The van der Waals surface area contributed by atoms with Gasteiger partial charge in [0.1, 0.15) is 11.5 Å². The maximum absolute atomic E-state index is 13.2. The van der Waals surface area contributed by atoms with Crippen molar-refractivity contribution in [2.24, 2.45) is 0 Å². The summed E-state index contributed by atoms with van der Waals surface area (Å²) in [6, 6.07) is 1.49. The van der Waals surface area contributed by atoms with Gasteiger partial charge in [-0.15, -0.1) is 0 Å². The molecule has 1 aromatic carbocycles. The van der Waals surface area contributed by atoms with Crippen LogP contribution in [-0.4, -0.2) is 28.6 Å². The van der Waals surface area contributed by atoms with Crippen molar-refractivity contribution < 1.29 is 19.2 Å². The van der Waals surface area contributed by atoms with Gasteiger partial charge in [0.2, 0.25) is 0 Å². The first-order chi connectivity index (χ1) is 8.82. The summed E-state index contributed by atoms with van der Waals surface area (Å²) in [6.07, 6.45) is -0.289. The van der Waals surface area contributed by atoms with Crippen LogP contribution in [0.2, 0.25) is 0 Å². The van der Waals surface area contributed by atoms with Crippen LogP contribution in [0.1, 0.15) is 23.7 Å². The van der Waals surface area contributed by atoms with Gasteiger partial charge < -0.3 is 16.2 Å². The van der Waals surface area contributed by atoms with E-state index in [1.54, 1.807) is 6.92 Å². The minimum atomic E-state index is -0.915. The third-order valence-corrected chi connectivity index (χ3v) is 2.41. The Morgan fingerprint density at radius 2 is 2.26 bits per heavy atom. The normalized spacial score (nSPS) is 11.9. The number of nitrogens with two attached hydrogens (primary N) is 1. The smallest absolute Gasteiger partial charge is 0.295 e. The Hall–Kier alpha value is -2.22. The molecule has 0 heterocycles. The fourth-order valence-electron chi connectivity index (χ4n) is 1.43. The molecule has 0 spiro atoms. The maximum atomic E-state index is 13.2. The number of amides is 1. The molecule has 0 radical (unpaired) electrons. The highest BCUT2D eigenvalue weighted by molar-refractivity contribution is 6.01. The largest absolute Gasteiger partial charge is 0.393 e. The second-order valence-electron chi connectivity index (χ2n) is 4.04. The number of nitrogens with one attached hydrogen (secondary N) is 1. The van der Waals surface area contributed by atoms with E-state index in [4.69, 9.17) is 10.8 Å². The Bertz CT molecular complexity index is 505. The highest BCUT2D eigenvalue weighted by Crippen LogP contribution is 2.26. The number of aliphatic hydroxyl groups is 1. The van der Waals surface area contributed by atoms with E-state index in [-0.39, 0.29) is 17.8 Å². The SMILES string of the molecule is CC(O)CCNC(=O)c1cc(F)cc([N+](=O)[O-])c1N. The second-order valence-corrected chi connectivity index (χ2v) is 4.04. The summed E-state index contributed by atoms with van der Waals surface area (Å²) in [5.41, 5.74) is 4.13. The van der Waals surface area contributed by atoms with Crippen molar-refractivity contribution in [1.82, 2.24) is 5.32 Å². The van der Waals surface area contributed by atoms with E-state index < -0.39 is 28.4 Å². The molecule has 0 aliphatic heterocycles. The number of nitro benzene ring substituents is 1. The van der Waals surface area contributed by atoms with Gasteiger partial charge in [-0.05, 0) is 19.4 Å². The number of halogens is 1. The van der Waals surface area contributed by atoms with Gasteiger partial charge in [0, 0.05) is 6.54 Å². The molecule has 4 N–H and O–H groups in total. The number of carbonyl (C=O) groups excluding carboxylic acids is 1.